The first-order chi connectivity index (χ1) is 9.06. The number of halogens is 2. The van der Waals surface area contributed by atoms with Crippen LogP contribution < -0.4 is 5.32 Å². The third kappa shape index (κ3) is 3.71. The molecule has 0 aliphatic carbocycles. The molecule has 1 aromatic carbocycles. The molecule has 2 rings (SSSR count). The molecule has 2 atom stereocenters. The molecule has 19 heavy (non-hydrogen) atoms. The van der Waals surface area contributed by atoms with Crippen molar-refractivity contribution in [2.45, 2.75) is 19.1 Å². The standard InChI is InChI=1S/C13H13BrFN3O/c1-8(18-13-16-6-10(14)7-17-13)12(19)9-2-4-11(15)5-3-9/h2-8,12,19H,1H3,(H,16,17,18)/t8-,12-/m1/s1. The minimum atomic E-state index is -0.771. The number of aliphatic hydroxyl groups excluding tert-OH is 1. The Kier molecular flexibility index (Phi) is 4.44. The molecule has 0 radical (unpaired) electrons. The van der Waals surface area contributed by atoms with E-state index >= 15 is 0 Å². The van der Waals surface area contributed by atoms with Crippen molar-refractivity contribution in [2.75, 3.05) is 5.32 Å². The van der Waals surface area contributed by atoms with Crippen molar-refractivity contribution in [1.82, 2.24) is 9.97 Å². The van der Waals surface area contributed by atoms with Crippen LogP contribution in [0.1, 0.15) is 18.6 Å². The highest BCUT2D eigenvalue weighted by Crippen LogP contribution is 2.19. The molecule has 0 bridgehead atoms. The quantitative estimate of drug-likeness (QED) is 0.907. The normalized spacial score (nSPS) is 13.9. The van der Waals surface area contributed by atoms with Crippen LogP contribution in [0.2, 0.25) is 0 Å². The first-order valence-electron chi connectivity index (χ1n) is 5.74. The second-order valence-corrected chi connectivity index (χ2v) is 5.07. The fourth-order valence-corrected chi connectivity index (χ4v) is 1.82. The Morgan fingerprint density at radius 3 is 2.37 bits per heavy atom. The fourth-order valence-electron chi connectivity index (χ4n) is 1.62. The molecule has 1 heterocycles. The molecule has 0 amide bonds. The van der Waals surface area contributed by atoms with Gasteiger partial charge in [0.15, 0.2) is 0 Å². The maximum atomic E-state index is 12.8. The van der Waals surface area contributed by atoms with Crippen LogP contribution in [-0.2, 0) is 0 Å². The molecule has 0 aliphatic heterocycles. The minimum Gasteiger partial charge on any atom is -0.386 e. The van der Waals surface area contributed by atoms with E-state index in [2.05, 4.69) is 31.2 Å². The third-order valence-corrected chi connectivity index (χ3v) is 3.07. The van der Waals surface area contributed by atoms with Crippen LogP contribution >= 0.6 is 15.9 Å². The zero-order valence-electron chi connectivity index (χ0n) is 10.2. The number of nitrogens with zero attached hydrogens (tertiary/aromatic N) is 2. The van der Waals surface area contributed by atoms with Crippen LogP contribution in [-0.4, -0.2) is 21.1 Å². The number of hydrogen-bond donors (Lipinski definition) is 2. The van der Waals surface area contributed by atoms with Crippen LogP contribution in [0.5, 0.6) is 0 Å². The van der Waals surface area contributed by atoms with Crippen molar-refractivity contribution in [1.29, 1.82) is 0 Å². The molecule has 100 valence electrons. The van der Waals surface area contributed by atoms with Gasteiger partial charge in [-0.15, -0.1) is 0 Å². The van der Waals surface area contributed by atoms with Gasteiger partial charge in [0, 0.05) is 12.4 Å². The van der Waals surface area contributed by atoms with E-state index in [1.165, 1.54) is 12.1 Å². The van der Waals surface area contributed by atoms with E-state index < -0.39 is 6.10 Å². The lowest BCUT2D eigenvalue weighted by Gasteiger charge is -2.20. The van der Waals surface area contributed by atoms with Gasteiger partial charge in [-0.2, -0.15) is 0 Å². The summed E-state index contributed by atoms with van der Waals surface area (Å²) in [6.45, 7) is 1.80. The maximum absolute atomic E-state index is 12.8. The number of aromatic nitrogens is 2. The van der Waals surface area contributed by atoms with Gasteiger partial charge in [0.05, 0.1) is 16.6 Å². The highest BCUT2D eigenvalue weighted by atomic mass is 79.9. The maximum Gasteiger partial charge on any atom is 0.222 e. The number of nitrogens with one attached hydrogen (secondary N) is 1. The lowest BCUT2D eigenvalue weighted by molar-refractivity contribution is 0.160. The van der Waals surface area contributed by atoms with Crippen molar-refractivity contribution in [2.24, 2.45) is 0 Å². The molecule has 0 saturated heterocycles. The van der Waals surface area contributed by atoms with Crippen molar-refractivity contribution < 1.29 is 9.50 Å². The van der Waals surface area contributed by atoms with E-state index in [1.807, 2.05) is 0 Å². The molecular weight excluding hydrogens is 313 g/mol. The molecule has 1 aromatic heterocycles. The number of anilines is 1. The predicted molar refractivity (Wildman–Crippen MR) is 74.2 cm³/mol. The largest absolute Gasteiger partial charge is 0.386 e. The van der Waals surface area contributed by atoms with Crippen LogP contribution in [0.15, 0.2) is 41.1 Å². The van der Waals surface area contributed by atoms with Crippen LogP contribution in [0.25, 0.3) is 0 Å². The first-order valence-corrected chi connectivity index (χ1v) is 6.53. The zero-order valence-corrected chi connectivity index (χ0v) is 11.8. The van der Waals surface area contributed by atoms with E-state index in [9.17, 15) is 9.50 Å². The highest BCUT2D eigenvalue weighted by Gasteiger charge is 2.17. The lowest BCUT2D eigenvalue weighted by atomic mass is 10.0. The van der Waals surface area contributed by atoms with Gasteiger partial charge >= 0.3 is 0 Å². The topological polar surface area (TPSA) is 58.0 Å². The van der Waals surface area contributed by atoms with E-state index in [0.29, 0.717) is 11.5 Å². The Bertz CT molecular complexity index is 533. The third-order valence-electron chi connectivity index (χ3n) is 2.66. The van der Waals surface area contributed by atoms with Crippen molar-refractivity contribution in [3.05, 3.63) is 52.5 Å². The second-order valence-electron chi connectivity index (χ2n) is 4.15. The Labute approximate surface area is 118 Å². The van der Waals surface area contributed by atoms with Gasteiger partial charge in [-0.1, -0.05) is 12.1 Å². The summed E-state index contributed by atoms with van der Waals surface area (Å²) in [4.78, 5) is 8.14. The van der Waals surface area contributed by atoms with Crippen molar-refractivity contribution >= 4 is 21.9 Å². The lowest BCUT2D eigenvalue weighted by Crippen LogP contribution is -2.25. The summed E-state index contributed by atoms with van der Waals surface area (Å²) in [5.41, 5.74) is 0.638. The molecule has 6 heteroatoms. The Morgan fingerprint density at radius 1 is 1.21 bits per heavy atom. The number of aliphatic hydroxyl groups is 1. The zero-order chi connectivity index (χ0) is 13.8. The predicted octanol–water partition coefficient (Wildman–Crippen LogP) is 2.91. The molecule has 0 spiro atoms. The monoisotopic (exact) mass is 325 g/mol. The van der Waals surface area contributed by atoms with Gasteiger partial charge in [0.2, 0.25) is 5.95 Å². The van der Waals surface area contributed by atoms with Crippen molar-refractivity contribution in [3.8, 4) is 0 Å². The van der Waals surface area contributed by atoms with E-state index in [1.54, 1.807) is 31.5 Å². The summed E-state index contributed by atoms with van der Waals surface area (Å²) in [7, 11) is 0. The Hall–Kier alpha value is -1.53. The van der Waals surface area contributed by atoms with Crippen LogP contribution in [0.4, 0.5) is 10.3 Å². The molecule has 0 fully saturated rings. The van der Waals surface area contributed by atoms with Gasteiger partial charge in [0.25, 0.3) is 0 Å². The summed E-state index contributed by atoms with van der Waals surface area (Å²) in [6.07, 6.45) is 2.46. The van der Waals surface area contributed by atoms with Gasteiger partial charge in [-0.05, 0) is 40.5 Å². The van der Waals surface area contributed by atoms with Crippen LogP contribution in [0, 0.1) is 5.82 Å². The van der Waals surface area contributed by atoms with Gasteiger partial charge in [-0.25, -0.2) is 14.4 Å². The van der Waals surface area contributed by atoms with Crippen LogP contribution in [0.3, 0.4) is 0 Å². The van der Waals surface area contributed by atoms with Crippen molar-refractivity contribution in [3.63, 3.8) is 0 Å². The fraction of sp³-hybridized carbons (Fsp3) is 0.231. The highest BCUT2D eigenvalue weighted by molar-refractivity contribution is 9.10. The SMILES string of the molecule is C[C@@H](Nc1ncc(Br)cn1)[C@@H](O)c1ccc(F)cc1. The number of hydrogen-bond acceptors (Lipinski definition) is 4. The average Bonchev–Trinajstić information content (AvgIpc) is 2.41. The van der Waals surface area contributed by atoms with E-state index in [0.717, 1.165) is 4.47 Å². The number of benzene rings is 1. The summed E-state index contributed by atoms with van der Waals surface area (Å²) in [5, 5.41) is 13.1. The molecule has 0 unspecified atom stereocenters. The van der Waals surface area contributed by atoms with E-state index in [4.69, 9.17) is 0 Å². The van der Waals surface area contributed by atoms with Gasteiger partial charge in [-0.3, -0.25) is 0 Å². The number of rotatable bonds is 4. The Morgan fingerprint density at radius 2 is 1.79 bits per heavy atom. The first kappa shape index (κ1) is 13.9. The smallest absolute Gasteiger partial charge is 0.222 e. The summed E-state index contributed by atoms with van der Waals surface area (Å²) in [5.74, 6) is 0.102. The van der Waals surface area contributed by atoms with Gasteiger partial charge < -0.3 is 10.4 Å². The minimum absolute atomic E-state index is 0.299. The van der Waals surface area contributed by atoms with Gasteiger partial charge in [0.1, 0.15) is 5.82 Å². The molecule has 0 aliphatic rings. The summed E-state index contributed by atoms with van der Waals surface area (Å²) >= 11 is 3.25. The second kappa shape index (κ2) is 6.08. The van der Waals surface area contributed by atoms with E-state index in [-0.39, 0.29) is 11.9 Å². The summed E-state index contributed by atoms with van der Waals surface area (Å²) in [6, 6.07) is 5.45. The molecule has 0 saturated carbocycles. The molecule has 2 N–H and O–H groups in total. The Balaban J connectivity index is 2.04. The summed E-state index contributed by atoms with van der Waals surface area (Å²) < 4.78 is 13.6. The average molecular weight is 326 g/mol. The molecule has 2 aromatic rings. The molecule has 4 nitrogen and oxygen atoms in total. The molecular formula is C13H13BrFN3O.